The van der Waals surface area contributed by atoms with Crippen molar-refractivity contribution >= 4 is 33.3 Å². The van der Waals surface area contributed by atoms with Crippen LogP contribution in [-0.2, 0) is 0 Å². The molecule has 1 N–H and O–H groups in total. The van der Waals surface area contributed by atoms with Crippen molar-refractivity contribution in [2.45, 2.75) is 38.8 Å². The maximum absolute atomic E-state index is 6.30. The molecular formula is C13H19BrClN3. The zero-order chi connectivity index (χ0) is 13.1. The summed E-state index contributed by atoms with van der Waals surface area (Å²) in [7, 11) is 0. The Bertz CT molecular complexity index is 405. The van der Waals surface area contributed by atoms with Gasteiger partial charge in [-0.15, -0.1) is 0 Å². The Balaban J connectivity index is 2.17. The maximum Gasteiger partial charge on any atom is 0.147 e. The molecule has 0 aromatic carbocycles. The second-order valence-electron chi connectivity index (χ2n) is 5.00. The molecule has 1 saturated heterocycles. The number of hydrogen-bond donors (Lipinski definition) is 1. The van der Waals surface area contributed by atoms with Crippen molar-refractivity contribution in [3.8, 4) is 0 Å². The number of nitrogens with one attached hydrogen (secondary N) is 1. The lowest BCUT2D eigenvalue weighted by Gasteiger charge is -2.31. The smallest absolute Gasteiger partial charge is 0.147 e. The molecule has 100 valence electrons. The van der Waals surface area contributed by atoms with Crippen LogP contribution in [0.1, 0.15) is 26.7 Å². The minimum Gasteiger partial charge on any atom is -0.351 e. The molecule has 0 aliphatic carbocycles. The Labute approximate surface area is 122 Å². The lowest BCUT2D eigenvalue weighted by Crippen LogP contribution is -2.42. The monoisotopic (exact) mass is 331 g/mol. The van der Waals surface area contributed by atoms with E-state index in [2.05, 4.69) is 45.0 Å². The number of halogens is 2. The molecule has 18 heavy (non-hydrogen) atoms. The van der Waals surface area contributed by atoms with Crippen LogP contribution in [0.15, 0.2) is 16.7 Å². The van der Waals surface area contributed by atoms with Gasteiger partial charge in [0.15, 0.2) is 0 Å². The minimum absolute atomic E-state index is 0.388. The van der Waals surface area contributed by atoms with Gasteiger partial charge in [-0.3, -0.25) is 0 Å². The van der Waals surface area contributed by atoms with Gasteiger partial charge in [0.2, 0.25) is 0 Å². The number of anilines is 1. The SMILES string of the molecule is CC(C)N(CC1CCCN1)c1ncc(Br)cc1Cl. The van der Waals surface area contributed by atoms with Crippen LogP contribution in [0.4, 0.5) is 5.82 Å². The van der Waals surface area contributed by atoms with E-state index in [4.69, 9.17) is 11.6 Å². The Morgan fingerprint density at radius 2 is 2.39 bits per heavy atom. The number of aromatic nitrogens is 1. The van der Waals surface area contributed by atoms with Gasteiger partial charge < -0.3 is 10.2 Å². The zero-order valence-electron chi connectivity index (χ0n) is 10.8. The van der Waals surface area contributed by atoms with Crippen molar-refractivity contribution in [2.24, 2.45) is 0 Å². The molecule has 1 aromatic heterocycles. The standard InChI is InChI=1S/C13H19BrClN3/c1-9(2)18(8-11-4-3-5-16-11)13-12(15)6-10(14)7-17-13/h6-7,9,11,16H,3-5,8H2,1-2H3. The zero-order valence-corrected chi connectivity index (χ0v) is 13.1. The van der Waals surface area contributed by atoms with Crippen LogP contribution >= 0.6 is 27.5 Å². The highest BCUT2D eigenvalue weighted by Gasteiger charge is 2.22. The third kappa shape index (κ3) is 3.37. The van der Waals surface area contributed by atoms with Crippen molar-refractivity contribution in [3.05, 3.63) is 21.8 Å². The van der Waals surface area contributed by atoms with E-state index in [0.29, 0.717) is 17.1 Å². The normalized spacial score (nSPS) is 19.5. The average molecular weight is 333 g/mol. The average Bonchev–Trinajstić information content (AvgIpc) is 2.79. The predicted molar refractivity (Wildman–Crippen MR) is 80.5 cm³/mol. The second kappa shape index (κ2) is 6.22. The Morgan fingerprint density at radius 3 is 2.94 bits per heavy atom. The van der Waals surface area contributed by atoms with Crippen molar-refractivity contribution in [2.75, 3.05) is 18.0 Å². The summed E-state index contributed by atoms with van der Waals surface area (Å²) in [6.07, 6.45) is 4.30. The quantitative estimate of drug-likeness (QED) is 0.915. The van der Waals surface area contributed by atoms with E-state index >= 15 is 0 Å². The Morgan fingerprint density at radius 1 is 1.61 bits per heavy atom. The van der Waals surface area contributed by atoms with E-state index < -0.39 is 0 Å². The van der Waals surface area contributed by atoms with Crippen molar-refractivity contribution < 1.29 is 0 Å². The van der Waals surface area contributed by atoms with Crippen LogP contribution in [-0.4, -0.2) is 30.2 Å². The fourth-order valence-corrected chi connectivity index (χ4v) is 3.05. The fourth-order valence-electron chi connectivity index (χ4n) is 2.31. The summed E-state index contributed by atoms with van der Waals surface area (Å²) >= 11 is 9.69. The largest absolute Gasteiger partial charge is 0.351 e. The molecule has 3 nitrogen and oxygen atoms in total. The maximum atomic E-state index is 6.30. The van der Waals surface area contributed by atoms with E-state index in [-0.39, 0.29) is 0 Å². The van der Waals surface area contributed by atoms with Gasteiger partial charge >= 0.3 is 0 Å². The third-order valence-corrected chi connectivity index (χ3v) is 3.98. The minimum atomic E-state index is 0.388. The van der Waals surface area contributed by atoms with Gasteiger partial charge in [0.05, 0.1) is 5.02 Å². The van der Waals surface area contributed by atoms with Crippen LogP contribution in [0.25, 0.3) is 0 Å². The summed E-state index contributed by atoms with van der Waals surface area (Å²) < 4.78 is 0.916. The predicted octanol–water partition coefficient (Wildman–Crippen LogP) is 3.46. The summed E-state index contributed by atoms with van der Waals surface area (Å²) in [5, 5.41) is 4.23. The van der Waals surface area contributed by atoms with E-state index in [0.717, 1.165) is 23.4 Å². The number of rotatable bonds is 4. The molecule has 1 aliphatic heterocycles. The van der Waals surface area contributed by atoms with Gasteiger partial charge in [-0.25, -0.2) is 4.98 Å². The molecule has 2 rings (SSSR count). The Kier molecular flexibility index (Phi) is 4.87. The topological polar surface area (TPSA) is 28.2 Å². The van der Waals surface area contributed by atoms with E-state index in [1.165, 1.54) is 12.8 Å². The molecule has 0 bridgehead atoms. The second-order valence-corrected chi connectivity index (χ2v) is 6.32. The highest BCUT2D eigenvalue weighted by atomic mass is 79.9. The van der Waals surface area contributed by atoms with Crippen LogP contribution in [0.3, 0.4) is 0 Å². The van der Waals surface area contributed by atoms with Gasteiger partial charge in [0.25, 0.3) is 0 Å². The van der Waals surface area contributed by atoms with Gasteiger partial charge in [0, 0.05) is 29.3 Å². The Hall–Kier alpha value is -0.320. The molecule has 0 spiro atoms. The van der Waals surface area contributed by atoms with Crippen LogP contribution < -0.4 is 10.2 Å². The van der Waals surface area contributed by atoms with Crippen LogP contribution in [0.5, 0.6) is 0 Å². The van der Waals surface area contributed by atoms with E-state index in [1.54, 1.807) is 6.20 Å². The summed E-state index contributed by atoms with van der Waals surface area (Å²) in [4.78, 5) is 6.74. The lowest BCUT2D eigenvalue weighted by molar-refractivity contribution is 0.549. The van der Waals surface area contributed by atoms with Crippen LogP contribution in [0.2, 0.25) is 5.02 Å². The molecule has 0 amide bonds. The highest BCUT2D eigenvalue weighted by molar-refractivity contribution is 9.10. The van der Waals surface area contributed by atoms with Gasteiger partial charge in [-0.2, -0.15) is 0 Å². The number of nitrogens with zero attached hydrogens (tertiary/aromatic N) is 2. The fraction of sp³-hybridized carbons (Fsp3) is 0.615. The first kappa shape index (κ1) is 14.1. The van der Waals surface area contributed by atoms with Gasteiger partial charge in [-0.1, -0.05) is 11.6 Å². The summed E-state index contributed by atoms with van der Waals surface area (Å²) in [6, 6.07) is 2.84. The lowest BCUT2D eigenvalue weighted by atomic mass is 10.2. The highest BCUT2D eigenvalue weighted by Crippen LogP contribution is 2.28. The summed E-state index contributed by atoms with van der Waals surface area (Å²) in [5.41, 5.74) is 0. The van der Waals surface area contributed by atoms with E-state index in [9.17, 15) is 0 Å². The molecule has 0 saturated carbocycles. The first-order chi connectivity index (χ1) is 8.58. The van der Waals surface area contributed by atoms with Crippen molar-refractivity contribution in [1.29, 1.82) is 0 Å². The molecule has 1 aromatic rings. The molecule has 1 aliphatic rings. The number of hydrogen-bond acceptors (Lipinski definition) is 3. The summed E-state index contributed by atoms with van der Waals surface area (Å²) in [5.74, 6) is 0.878. The first-order valence-corrected chi connectivity index (χ1v) is 7.56. The first-order valence-electron chi connectivity index (χ1n) is 6.39. The van der Waals surface area contributed by atoms with Gasteiger partial charge in [0.1, 0.15) is 5.82 Å². The molecule has 1 fully saturated rings. The molecule has 1 atom stereocenters. The molecule has 5 heteroatoms. The van der Waals surface area contributed by atoms with Crippen molar-refractivity contribution in [3.63, 3.8) is 0 Å². The van der Waals surface area contributed by atoms with E-state index in [1.807, 2.05) is 6.07 Å². The van der Waals surface area contributed by atoms with Crippen molar-refractivity contribution in [1.82, 2.24) is 10.3 Å². The summed E-state index contributed by atoms with van der Waals surface area (Å²) in [6.45, 7) is 6.44. The molecule has 2 heterocycles. The third-order valence-electron chi connectivity index (χ3n) is 3.26. The number of pyridine rings is 1. The molecule has 1 unspecified atom stereocenters. The molecular weight excluding hydrogens is 314 g/mol. The van der Waals surface area contributed by atoms with Gasteiger partial charge in [-0.05, 0) is 55.2 Å². The molecule has 0 radical (unpaired) electrons. The van der Waals surface area contributed by atoms with Crippen LogP contribution in [0, 0.1) is 0 Å².